The third-order valence-corrected chi connectivity index (χ3v) is 10.3. The molecule has 2 fully saturated rings. The predicted molar refractivity (Wildman–Crippen MR) is 189 cm³/mol. The highest BCUT2D eigenvalue weighted by Crippen LogP contribution is 2.37. The number of carbonyl (C=O) groups excluding carboxylic acids is 2. The second kappa shape index (κ2) is 13.9. The number of ether oxygens (including phenoxy) is 2. The van der Waals surface area contributed by atoms with Crippen LogP contribution in [0.25, 0.3) is 33.3 Å². The summed E-state index contributed by atoms with van der Waals surface area (Å²) < 4.78 is 13.4. The summed E-state index contributed by atoms with van der Waals surface area (Å²) in [4.78, 5) is 38.3. The van der Waals surface area contributed by atoms with Crippen LogP contribution < -0.4 is 0 Å². The van der Waals surface area contributed by atoms with Gasteiger partial charge in [-0.1, -0.05) is 18.2 Å². The molecule has 0 aliphatic carbocycles. The zero-order chi connectivity index (χ0) is 34.1. The lowest BCUT2D eigenvalue weighted by Crippen LogP contribution is -2.41. The van der Waals surface area contributed by atoms with Crippen LogP contribution >= 0.6 is 0 Å². The number of carbonyl (C=O) groups is 2. The molecular formula is C39H48N6O4. The smallest absolute Gasteiger partial charge is 0.410 e. The number of amides is 2. The maximum Gasteiger partial charge on any atom is 0.410 e. The van der Waals surface area contributed by atoms with Gasteiger partial charge in [-0.05, 0) is 88.8 Å². The number of fused-ring (bicyclic) bond motifs is 2. The Balaban J connectivity index is 1.06. The molecule has 3 aromatic heterocycles. The Hall–Kier alpha value is -4.31. The van der Waals surface area contributed by atoms with E-state index in [1.807, 2.05) is 43.0 Å². The summed E-state index contributed by atoms with van der Waals surface area (Å²) in [6.07, 6.45) is 10.4. The number of benzene rings is 1. The van der Waals surface area contributed by atoms with Gasteiger partial charge in [0.2, 0.25) is 5.91 Å². The molecule has 2 amide bonds. The largest absolute Gasteiger partial charge is 0.444 e. The van der Waals surface area contributed by atoms with E-state index in [0.717, 1.165) is 122 Å². The Morgan fingerprint density at radius 2 is 1.76 bits per heavy atom. The second-order valence-corrected chi connectivity index (χ2v) is 14.8. The zero-order valence-corrected chi connectivity index (χ0v) is 29.3. The Morgan fingerprint density at radius 1 is 0.959 bits per heavy atom. The van der Waals surface area contributed by atoms with Crippen LogP contribution in [0, 0.1) is 5.92 Å². The fraction of sp³-hybridized carbons (Fsp3) is 0.513. The lowest BCUT2D eigenvalue weighted by Gasteiger charge is -2.33. The van der Waals surface area contributed by atoms with Crippen LogP contribution in [0.3, 0.4) is 0 Å². The van der Waals surface area contributed by atoms with Gasteiger partial charge in [-0.15, -0.1) is 0 Å². The standard InChI is InChI=1S/C39H48N6O4/c1-26(46)44-19-14-36-34(25-44)37(42-45(36)31-15-20-48-21-16-31)32-7-5-6-28-22-35(41-24-33(28)32)29-9-11-30(40-23-29)10-8-27-12-17-43(18-13-27)38(47)49-39(2,3)4/h5-7,9,11,22-24,27,31H,8,10,12-21,25H2,1-4H3. The van der Waals surface area contributed by atoms with E-state index < -0.39 is 5.60 Å². The van der Waals surface area contributed by atoms with E-state index in [0.29, 0.717) is 18.5 Å². The Bertz CT molecular complexity index is 1810. The molecule has 2 saturated heterocycles. The molecule has 0 saturated carbocycles. The van der Waals surface area contributed by atoms with Crippen molar-refractivity contribution < 1.29 is 19.1 Å². The van der Waals surface area contributed by atoms with E-state index in [9.17, 15) is 9.59 Å². The lowest BCUT2D eigenvalue weighted by molar-refractivity contribution is -0.129. The first kappa shape index (κ1) is 33.2. The van der Waals surface area contributed by atoms with Crippen LogP contribution in [0.15, 0.2) is 48.8 Å². The van der Waals surface area contributed by atoms with E-state index in [4.69, 9.17) is 24.5 Å². The quantitative estimate of drug-likeness (QED) is 0.219. The van der Waals surface area contributed by atoms with Crippen molar-refractivity contribution in [2.45, 2.75) is 90.8 Å². The molecule has 1 aromatic carbocycles. The number of piperidine rings is 1. The first-order valence-corrected chi connectivity index (χ1v) is 17.9. The van der Waals surface area contributed by atoms with Crippen LogP contribution in [0.1, 0.15) is 82.8 Å². The number of hydrogen-bond acceptors (Lipinski definition) is 7. The summed E-state index contributed by atoms with van der Waals surface area (Å²) in [7, 11) is 0. The Kier molecular flexibility index (Phi) is 9.42. The predicted octanol–water partition coefficient (Wildman–Crippen LogP) is 7.00. The fourth-order valence-corrected chi connectivity index (χ4v) is 7.51. The SMILES string of the molecule is CC(=O)N1CCc2c(c(-c3cccc4cc(-c5ccc(CCC6CCN(C(=O)OC(C)(C)C)CC6)nc5)ncc34)nn2C2CCOCC2)C1. The molecule has 0 bridgehead atoms. The van der Waals surface area contributed by atoms with Crippen molar-refractivity contribution in [2.24, 2.45) is 5.92 Å². The first-order chi connectivity index (χ1) is 23.6. The molecule has 7 rings (SSSR count). The molecule has 0 atom stereocenters. The molecule has 0 unspecified atom stereocenters. The number of hydrogen-bond donors (Lipinski definition) is 0. The fourth-order valence-electron chi connectivity index (χ4n) is 7.51. The summed E-state index contributed by atoms with van der Waals surface area (Å²) >= 11 is 0. The lowest BCUT2D eigenvalue weighted by atomic mass is 9.91. The molecule has 10 nitrogen and oxygen atoms in total. The van der Waals surface area contributed by atoms with Gasteiger partial charge in [-0.25, -0.2) is 4.79 Å². The van der Waals surface area contributed by atoms with Crippen LogP contribution in [0.5, 0.6) is 0 Å². The van der Waals surface area contributed by atoms with Crippen molar-refractivity contribution in [3.63, 3.8) is 0 Å². The molecule has 258 valence electrons. The van der Waals surface area contributed by atoms with E-state index >= 15 is 0 Å². The second-order valence-electron chi connectivity index (χ2n) is 14.8. The van der Waals surface area contributed by atoms with Crippen molar-refractivity contribution in [2.75, 3.05) is 32.8 Å². The maximum absolute atomic E-state index is 12.4. The summed E-state index contributed by atoms with van der Waals surface area (Å²) in [6.45, 7) is 11.7. The highest BCUT2D eigenvalue weighted by molar-refractivity contribution is 5.97. The Labute approximate surface area is 288 Å². The molecule has 0 N–H and O–H groups in total. The Morgan fingerprint density at radius 3 is 2.47 bits per heavy atom. The molecule has 6 heterocycles. The molecule has 4 aromatic rings. The molecular weight excluding hydrogens is 616 g/mol. The summed E-state index contributed by atoms with van der Waals surface area (Å²) in [6, 6.07) is 13.0. The number of nitrogens with zero attached hydrogens (tertiary/aromatic N) is 6. The van der Waals surface area contributed by atoms with Gasteiger partial charge in [-0.3, -0.25) is 19.4 Å². The molecule has 3 aliphatic heterocycles. The summed E-state index contributed by atoms with van der Waals surface area (Å²) in [5.41, 5.74) is 6.88. The van der Waals surface area contributed by atoms with Crippen molar-refractivity contribution in [3.05, 3.63) is 65.7 Å². The molecule has 0 radical (unpaired) electrons. The van der Waals surface area contributed by atoms with Crippen LogP contribution in [0.4, 0.5) is 4.79 Å². The molecule has 3 aliphatic rings. The number of likely N-dealkylation sites (tertiary alicyclic amines) is 1. The van der Waals surface area contributed by atoms with Gasteiger partial charge >= 0.3 is 6.09 Å². The van der Waals surface area contributed by atoms with Crippen molar-refractivity contribution in [3.8, 4) is 22.5 Å². The summed E-state index contributed by atoms with van der Waals surface area (Å²) in [5.74, 6) is 0.677. The van der Waals surface area contributed by atoms with Gasteiger partial charge in [0.1, 0.15) is 5.60 Å². The van der Waals surface area contributed by atoms with E-state index in [1.165, 1.54) is 5.69 Å². The molecule has 10 heteroatoms. The van der Waals surface area contributed by atoms with Crippen LogP contribution in [0.2, 0.25) is 0 Å². The highest BCUT2D eigenvalue weighted by Gasteiger charge is 2.31. The minimum Gasteiger partial charge on any atom is -0.444 e. The van der Waals surface area contributed by atoms with Gasteiger partial charge in [-0.2, -0.15) is 5.10 Å². The third-order valence-electron chi connectivity index (χ3n) is 10.3. The van der Waals surface area contributed by atoms with Gasteiger partial charge < -0.3 is 19.3 Å². The average molecular weight is 665 g/mol. The molecule has 49 heavy (non-hydrogen) atoms. The topological polar surface area (TPSA) is 103 Å². The van der Waals surface area contributed by atoms with Crippen LogP contribution in [-0.2, 0) is 33.7 Å². The summed E-state index contributed by atoms with van der Waals surface area (Å²) in [5, 5.41) is 7.40. The minimum atomic E-state index is -0.465. The van der Waals surface area contributed by atoms with Gasteiger partial charge in [0.15, 0.2) is 0 Å². The first-order valence-electron chi connectivity index (χ1n) is 17.9. The number of aryl methyl sites for hydroxylation is 1. The monoisotopic (exact) mass is 664 g/mol. The number of pyridine rings is 2. The van der Waals surface area contributed by atoms with Gasteiger partial charge in [0.05, 0.1) is 17.4 Å². The van der Waals surface area contributed by atoms with E-state index in [1.54, 1.807) is 6.92 Å². The van der Waals surface area contributed by atoms with Crippen molar-refractivity contribution >= 4 is 22.8 Å². The highest BCUT2D eigenvalue weighted by atomic mass is 16.6. The van der Waals surface area contributed by atoms with E-state index in [-0.39, 0.29) is 12.0 Å². The number of aromatic nitrogens is 4. The van der Waals surface area contributed by atoms with Crippen LogP contribution in [-0.4, -0.2) is 80.0 Å². The van der Waals surface area contributed by atoms with Gasteiger partial charge in [0.25, 0.3) is 0 Å². The van der Waals surface area contributed by atoms with Gasteiger partial charge in [0, 0.05) is 98.6 Å². The maximum atomic E-state index is 12.4. The number of rotatable bonds is 6. The minimum absolute atomic E-state index is 0.0971. The third kappa shape index (κ3) is 7.34. The molecule has 0 spiro atoms. The van der Waals surface area contributed by atoms with Crippen molar-refractivity contribution in [1.29, 1.82) is 0 Å². The average Bonchev–Trinajstić information content (AvgIpc) is 3.49. The van der Waals surface area contributed by atoms with Crippen molar-refractivity contribution in [1.82, 2.24) is 29.5 Å². The zero-order valence-electron chi connectivity index (χ0n) is 29.3. The van der Waals surface area contributed by atoms with E-state index in [2.05, 4.69) is 41.1 Å². The normalized spacial score (nSPS) is 17.7.